The van der Waals surface area contributed by atoms with Crippen LogP contribution < -0.4 is 4.90 Å². The first-order chi connectivity index (χ1) is 27.3. The molecule has 0 aliphatic heterocycles. The summed E-state index contributed by atoms with van der Waals surface area (Å²) in [7, 11) is 0. The van der Waals surface area contributed by atoms with Gasteiger partial charge in [0, 0.05) is 49.3 Å². The number of benzene rings is 8. The van der Waals surface area contributed by atoms with Crippen molar-refractivity contribution in [3.8, 4) is 33.4 Å². The Labute approximate surface area is 327 Å². The minimum Gasteiger partial charge on any atom is -0.310 e. The molecule has 8 aromatic carbocycles. The number of aromatic nitrogens is 1. The molecule has 0 radical (unpaired) electrons. The molecule has 0 saturated heterocycles. The van der Waals surface area contributed by atoms with Crippen molar-refractivity contribution >= 4 is 55.2 Å². The van der Waals surface area contributed by atoms with Crippen molar-refractivity contribution in [2.75, 3.05) is 4.90 Å². The van der Waals surface area contributed by atoms with E-state index in [-0.39, 0.29) is 10.8 Å². The standard InChI is InChI=1S/C54H40N2/c1-53(2)45-19-9-6-15-42(45)51-46(53)20-12-22-50(51)55(36-28-29-38-37-13-5-8-18-44(37)54(3,4)47(38)32-36)35-26-23-33(24-27-35)34-25-30-49-43(31-34)41-17-11-16-40-39-14-7-10-21-48(39)56(49)52(40)41/h5-32H,1-4H3. The van der Waals surface area contributed by atoms with E-state index in [1.54, 1.807) is 0 Å². The van der Waals surface area contributed by atoms with Crippen molar-refractivity contribution in [3.63, 3.8) is 0 Å². The zero-order valence-electron chi connectivity index (χ0n) is 32.1. The molecule has 266 valence electrons. The molecule has 2 heterocycles. The first-order valence-electron chi connectivity index (χ1n) is 19.9. The predicted octanol–water partition coefficient (Wildman–Crippen LogP) is 14.6. The summed E-state index contributed by atoms with van der Waals surface area (Å²) in [4.78, 5) is 2.50. The number of rotatable bonds is 4. The fourth-order valence-corrected chi connectivity index (χ4v) is 10.6. The van der Waals surface area contributed by atoms with Crippen molar-refractivity contribution in [2.45, 2.75) is 38.5 Å². The van der Waals surface area contributed by atoms with Gasteiger partial charge in [0.25, 0.3) is 0 Å². The smallest absolute Gasteiger partial charge is 0.0620 e. The molecule has 0 fully saturated rings. The number of hydrogen-bond donors (Lipinski definition) is 0. The second-order valence-electron chi connectivity index (χ2n) is 16.9. The van der Waals surface area contributed by atoms with Crippen molar-refractivity contribution in [2.24, 2.45) is 0 Å². The van der Waals surface area contributed by atoms with Gasteiger partial charge in [-0.2, -0.15) is 0 Å². The van der Waals surface area contributed by atoms with Crippen molar-refractivity contribution in [3.05, 3.63) is 192 Å². The number of anilines is 3. The van der Waals surface area contributed by atoms with Gasteiger partial charge in [0.05, 0.1) is 22.2 Å². The molecule has 0 saturated carbocycles. The molecule has 0 amide bonds. The molecule has 12 rings (SSSR count). The van der Waals surface area contributed by atoms with Gasteiger partial charge < -0.3 is 9.30 Å². The fraction of sp³-hybridized carbons (Fsp3) is 0.111. The van der Waals surface area contributed by atoms with Crippen LogP contribution in [0.4, 0.5) is 17.1 Å². The lowest BCUT2D eigenvalue weighted by molar-refractivity contribution is 0.660. The molecule has 0 bridgehead atoms. The SMILES string of the molecule is CC1(C)c2ccccc2-c2ccc(N(c3ccc(-c4ccc5c(c4)c4cccc6c7ccccc7n5c64)cc3)c3cccc4c3-c3ccccc3C4(C)C)cc21. The largest absolute Gasteiger partial charge is 0.310 e. The molecular weight excluding hydrogens is 677 g/mol. The van der Waals surface area contributed by atoms with Crippen LogP contribution in [0.5, 0.6) is 0 Å². The Balaban J connectivity index is 1.03. The van der Waals surface area contributed by atoms with Crippen LogP contribution >= 0.6 is 0 Å². The van der Waals surface area contributed by atoms with Crippen LogP contribution in [-0.2, 0) is 10.8 Å². The van der Waals surface area contributed by atoms with Gasteiger partial charge in [0.2, 0.25) is 0 Å². The van der Waals surface area contributed by atoms with E-state index in [1.165, 1.54) is 105 Å². The number of fused-ring (bicyclic) bond motifs is 12. The maximum atomic E-state index is 2.50. The molecule has 0 unspecified atom stereocenters. The summed E-state index contributed by atoms with van der Waals surface area (Å²) in [6.45, 7) is 9.48. The van der Waals surface area contributed by atoms with E-state index in [0.29, 0.717) is 0 Å². The highest BCUT2D eigenvalue weighted by molar-refractivity contribution is 6.23. The van der Waals surface area contributed by atoms with E-state index in [4.69, 9.17) is 0 Å². The van der Waals surface area contributed by atoms with Gasteiger partial charge in [0.1, 0.15) is 0 Å². The highest BCUT2D eigenvalue weighted by Crippen LogP contribution is 2.56. The fourth-order valence-electron chi connectivity index (χ4n) is 10.6. The Hall–Kier alpha value is -6.64. The lowest BCUT2D eigenvalue weighted by Gasteiger charge is -2.30. The molecule has 2 nitrogen and oxygen atoms in total. The van der Waals surface area contributed by atoms with Gasteiger partial charge >= 0.3 is 0 Å². The second-order valence-corrected chi connectivity index (χ2v) is 16.9. The highest BCUT2D eigenvalue weighted by Gasteiger charge is 2.39. The van der Waals surface area contributed by atoms with Crippen LogP contribution in [0.15, 0.2) is 170 Å². The molecule has 56 heavy (non-hydrogen) atoms. The van der Waals surface area contributed by atoms with Crippen LogP contribution in [-0.4, -0.2) is 4.40 Å². The summed E-state index contributed by atoms with van der Waals surface area (Å²) in [5.41, 5.74) is 20.5. The number of nitrogens with zero attached hydrogens (tertiary/aromatic N) is 2. The zero-order valence-corrected chi connectivity index (χ0v) is 32.1. The van der Waals surface area contributed by atoms with Crippen LogP contribution in [0.25, 0.3) is 71.5 Å². The average Bonchev–Trinajstić information content (AvgIpc) is 3.90. The first kappa shape index (κ1) is 31.7. The molecule has 2 aliphatic rings. The van der Waals surface area contributed by atoms with Gasteiger partial charge in [-0.25, -0.2) is 0 Å². The molecular formula is C54H40N2. The molecule has 0 atom stereocenters. The quantitative estimate of drug-likeness (QED) is 0.176. The van der Waals surface area contributed by atoms with Crippen molar-refractivity contribution in [1.29, 1.82) is 0 Å². The lowest BCUT2D eigenvalue weighted by Crippen LogP contribution is -2.17. The van der Waals surface area contributed by atoms with Gasteiger partial charge in [-0.3, -0.25) is 0 Å². The van der Waals surface area contributed by atoms with Crippen LogP contribution in [0.1, 0.15) is 49.9 Å². The molecule has 2 aromatic heterocycles. The maximum Gasteiger partial charge on any atom is 0.0620 e. The average molecular weight is 717 g/mol. The van der Waals surface area contributed by atoms with Crippen LogP contribution in [0.3, 0.4) is 0 Å². The van der Waals surface area contributed by atoms with Crippen LogP contribution in [0.2, 0.25) is 0 Å². The molecule has 0 N–H and O–H groups in total. The highest BCUT2D eigenvalue weighted by atomic mass is 15.1. The third kappa shape index (κ3) is 4.06. The zero-order chi connectivity index (χ0) is 37.5. The monoisotopic (exact) mass is 716 g/mol. The van der Waals surface area contributed by atoms with E-state index < -0.39 is 0 Å². The van der Waals surface area contributed by atoms with Gasteiger partial charge in [-0.05, 0) is 98.6 Å². The molecule has 2 heteroatoms. The normalized spacial score (nSPS) is 14.7. The van der Waals surface area contributed by atoms with Crippen LogP contribution in [0, 0.1) is 0 Å². The van der Waals surface area contributed by atoms with E-state index in [1.807, 2.05) is 0 Å². The van der Waals surface area contributed by atoms with E-state index >= 15 is 0 Å². The van der Waals surface area contributed by atoms with Gasteiger partial charge in [0.15, 0.2) is 0 Å². The Bertz CT molecular complexity index is 3250. The summed E-state index contributed by atoms with van der Waals surface area (Å²) in [5.74, 6) is 0. The second kappa shape index (κ2) is 11.0. The third-order valence-corrected chi connectivity index (χ3v) is 13.3. The van der Waals surface area contributed by atoms with Crippen molar-refractivity contribution < 1.29 is 0 Å². The third-order valence-electron chi connectivity index (χ3n) is 13.3. The Morgan fingerprint density at radius 1 is 0.393 bits per heavy atom. The first-order valence-corrected chi connectivity index (χ1v) is 19.9. The van der Waals surface area contributed by atoms with E-state index in [0.717, 1.165) is 5.69 Å². The predicted molar refractivity (Wildman–Crippen MR) is 236 cm³/mol. The van der Waals surface area contributed by atoms with Gasteiger partial charge in [-0.15, -0.1) is 0 Å². The summed E-state index contributed by atoms with van der Waals surface area (Å²) in [6.07, 6.45) is 0. The summed E-state index contributed by atoms with van der Waals surface area (Å²) >= 11 is 0. The summed E-state index contributed by atoms with van der Waals surface area (Å²) < 4.78 is 2.45. The van der Waals surface area contributed by atoms with E-state index in [9.17, 15) is 0 Å². The molecule has 10 aromatic rings. The maximum absolute atomic E-state index is 2.50. The summed E-state index contributed by atoms with van der Waals surface area (Å²) in [6, 6.07) is 63.7. The molecule has 2 aliphatic carbocycles. The minimum atomic E-state index is -0.101. The van der Waals surface area contributed by atoms with E-state index in [2.05, 4.69) is 207 Å². The lowest BCUT2D eigenvalue weighted by atomic mass is 9.82. The Kier molecular flexibility index (Phi) is 6.22. The van der Waals surface area contributed by atoms with Gasteiger partial charge in [-0.1, -0.05) is 149 Å². The number of para-hydroxylation sites is 2. The van der Waals surface area contributed by atoms with Crippen molar-refractivity contribution in [1.82, 2.24) is 4.40 Å². The topological polar surface area (TPSA) is 7.65 Å². The summed E-state index contributed by atoms with van der Waals surface area (Å²) in [5, 5.41) is 5.23. The molecule has 0 spiro atoms. The number of hydrogen-bond acceptors (Lipinski definition) is 1. The Morgan fingerprint density at radius 2 is 0.964 bits per heavy atom. The Morgan fingerprint density at radius 3 is 1.79 bits per heavy atom. The minimum absolute atomic E-state index is 0.0931.